The average Bonchev–Trinajstić information content (AvgIpc) is 3.31. The SMILES string of the molecule is CCCCN(C(=O)Nc1cnn(C)c1)C1CCN(Cc2ccc(Oc3ccc(NS(C)(=O)=O)cc3Cl)nc2)CC1.Cl.Cl. The van der Waals surface area contributed by atoms with Crippen LogP contribution in [0.15, 0.2) is 48.9 Å². The molecule has 0 atom stereocenters. The normalized spacial score (nSPS) is 13.9. The van der Waals surface area contributed by atoms with Crippen molar-refractivity contribution >= 4 is 63.8 Å². The summed E-state index contributed by atoms with van der Waals surface area (Å²) in [5, 5.41) is 7.39. The molecule has 0 aliphatic carbocycles. The fraction of sp³-hybridized carbons (Fsp3) is 0.444. The maximum absolute atomic E-state index is 13.1. The number of benzene rings is 1. The van der Waals surface area contributed by atoms with Gasteiger partial charge in [0.1, 0.15) is 5.75 Å². The maximum Gasteiger partial charge on any atom is 0.322 e. The van der Waals surface area contributed by atoms with Crippen LogP contribution in [0.3, 0.4) is 0 Å². The molecule has 0 spiro atoms. The van der Waals surface area contributed by atoms with E-state index in [4.69, 9.17) is 16.3 Å². The van der Waals surface area contributed by atoms with Crippen LogP contribution in [0.1, 0.15) is 38.2 Å². The molecule has 2 aromatic heterocycles. The van der Waals surface area contributed by atoms with Crippen molar-refractivity contribution in [3.63, 3.8) is 0 Å². The molecule has 42 heavy (non-hydrogen) atoms. The molecule has 0 unspecified atom stereocenters. The van der Waals surface area contributed by atoms with E-state index in [0.29, 0.717) is 23.0 Å². The van der Waals surface area contributed by atoms with Gasteiger partial charge in [-0.1, -0.05) is 31.0 Å². The van der Waals surface area contributed by atoms with Crippen LogP contribution in [0.4, 0.5) is 16.2 Å². The third kappa shape index (κ3) is 10.5. The number of urea groups is 1. The summed E-state index contributed by atoms with van der Waals surface area (Å²) in [6.07, 6.45) is 10.1. The molecule has 2 N–H and O–H groups in total. The number of rotatable bonds is 11. The number of carbonyl (C=O) groups excluding carboxylic acids is 1. The lowest BCUT2D eigenvalue weighted by molar-refractivity contribution is 0.122. The highest BCUT2D eigenvalue weighted by atomic mass is 35.5. The predicted molar refractivity (Wildman–Crippen MR) is 171 cm³/mol. The van der Waals surface area contributed by atoms with Crippen molar-refractivity contribution in [3.05, 3.63) is 59.5 Å². The zero-order chi connectivity index (χ0) is 28.7. The summed E-state index contributed by atoms with van der Waals surface area (Å²) in [6.45, 7) is 5.39. The van der Waals surface area contributed by atoms with Gasteiger partial charge in [0.2, 0.25) is 15.9 Å². The van der Waals surface area contributed by atoms with Gasteiger partial charge in [0.25, 0.3) is 0 Å². The minimum Gasteiger partial charge on any atom is -0.437 e. The van der Waals surface area contributed by atoms with Crippen molar-refractivity contribution in [2.24, 2.45) is 7.05 Å². The molecule has 3 heterocycles. The molecule has 4 rings (SSSR count). The number of amides is 2. The van der Waals surface area contributed by atoms with E-state index < -0.39 is 10.0 Å². The lowest BCUT2D eigenvalue weighted by Gasteiger charge is -2.38. The summed E-state index contributed by atoms with van der Waals surface area (Å²) < 4.78 is 32.7. The van der Waals surface area contributed by atoms with Crippen LogP contribution in [0.5, 0.6) is 11.6 Å². The quantitative estimate of drug-likeness (QED) is 0.267. The van der Waals surface area contributed by atoms with Gasteiger partial charge in [-0.05, 0) is 43.0 Å². The number of hydrogen-bond acceptors (Lipinski definition) is 7. The first-order chi connectivity index (χ1) is 19.1. The summed E-state index contributed by atoms with van der Waals surface area (Å²) in [6, 6.07) is 8.54. The molecule has 1 aromatic carbocycles. The molecule has 0 radical (unpaired) electrons. The molecule has 0 bridgehead atoms. The zero-order valence-electron chi connectivity index (χ0n) is 23.8. The molecular weight excluding hydrogens is 625 g/mol. The Morgan fingerprint density at radius 3 is 2.45 bits per heavy atom. The molecule has 11 nitrogen and oxygen atoms in total. The van der Waals surface area contributed by atoms with Crippen molar-refractivity contribution in [2.45, 2.75) is 45.2 Å². The first-order valence-electron chi connectivity index (χ1n) is 13.3. The second kappa shape index (κ2) is 16.2. The molecular formula is C27H38Cl3N7O4S. The Hall–Kier alpha value is -2.77. The number of likely N-dealkylation sites (tertiary alicyclic amines) is 1. The standard InChI is InChI=1S/C27H36ClN7O4S.2ClH/c1-4-5-12-35(27(36)31-22-17-30-33(2)19-22)23-10-13-34(14-11-23)18-20-6-9-26(29-16-20)39-25-8-7-21(15-24(25)28)32-40(3,37)38;;/h6-9,15-17,19,23,32H,4-5,10-14,18H2,1-3H3,(H,31,36);2*1H. The van der Waals surface area contributed by atoms with Gasteiger partial charge in [-0.2, -0.15) is 5.10 Å². The van der Waals surface area contributed by atoms with E-state index in [9.17, 15) is 13.2 Å². The van der Waals surface area contributed by atoms with Crippen LogP contribution in [0.2, 0.25) is 5.02 Å². The number of carbonyl (C=O) groups is 1. The first-order valence-corrected chi connectivity index (χ1v) is 15.6. The molecule has 1 fully saturated rings. The van der Waals surface area contributed by atoms with Gasteiger partial charge in [0.15, 0.2) is 0 Å². The second-order valence-corrected chi connectivity index (χ2v) is 12.2. The highest BCUT2D eigenvalue weighted by Crippen LogP contribution is 2.31. The Morgan fingerprint density at radius 1 is 1.14 bits per heavy atom. The molecule has 3 aromatic rings. The monoisotopic (exact) mass is 661 g/mol. The van der Waals surface area contributed by atoms with Crippen LogP contribution >= 0.6 is 36.4 Å². The summed E-state index contributed by atoms with van der Waals surface area (Å²) in [7, 11) is -1.57. The molecule has 15 heteroatoms. The van der Waals surface area contributed by atoms with E-state index in [1.165, 1.54) is 6.07 Å². The molecule has 1 aliphatic rings. The van der Waals surface area contributed by atoms with E-state index in [0.717, 1.165) is 63.7 Å². The number of anilines is 2. The van der Waals surface area contributed by atoms with E-state index >= 15 is 0 Å². The van der Waals surface area contributed by atoms with Crippen molar-refractivity contribution in [2.75, 3.05) is 35.9 Å². The predicted octanol–water partition coefficient (Wildman–Crippen LogP) is 5.77. The molecule has 1 aliphatic heterocycles. The fourth-order valence-corrected chi connectivity index (χ4v) is 5.42. The van der Waals surface area contributed by atoms with Gasteiger partial charge >= 0.3 is 6.03 Å². The van der Waals surface area contributed by atoms with Gasteiger partial charge in [-0.25, -0.2) is 18.2 Å². The van der Waals surface area contributed by atoms with Crippen molar-refractivity contribution in [3.8, 4) is 11.6 Å². The fourth-order valence-electron chi connectivity index (χ4n) is 4.65. The smallest absolute Gasteiger partial charge is 0.322 e. The van der Waals surface area contributed by atoms with Crippen molar-refractivity contribution in [1.82, 2.24) is 24.6 Å². The van der Waals surface area contributed by atoms with Crippen LogP contribution in [-0.2, 0) is 23.6 Å². The largest absolute Gasteiger partial charge is 0.437 e. The second-order valence-electron chi connectivity index (χ2n) is 10.0. The lowest BCUT2D eigenvalue weighted by Crippen LogP contribution is -2.49. The van der Waals surface area contributed by atoms with Crippen LogP contribution in [0.25, 0.3) is 0 Å². The van der Waals surface area contributed by atoms with Crippen LogP contribution in [-0.4, -0.2) is 70.9 Å². The Bertz CT molecular complexity index is 1400. The van der Waals surface area contributed by atoms with Crippen molar-refractivity contribution in [1.29, 1.82) is 0 Å². The number of pyridine rings is 1. The summed E-state index contributed by atoms with van der Waals surface area (Å²) in [5.74, 6) is 0.766. The Balaban J connectivity index is 0.00000308. The highest BCUT2D eigenvalue weighted by molar-refractivity contribution is 7.92. The number of nitrogens with zero attached hydrogens (tertiary/aromatic N) is 5. The van der Waals surface area contributed by atoms with Gasteiger partial charge in [0, 0.05) is 57.7 Å². The van der Waals surface area contributed by atoms with E-state index in [1.807, 2.05) is 18.0 Å². The van der Waals surface area contributed by atoms with E-state index in [-0.39, 0.29) is 41.9 Å². The Kier molecular flexibility index (Phi) is 13.6. The van der Waals surface area contributed by atoms with Crippen molar-refractivity contribution < 1.29 is 17.9 Å². The van der Waals surface area contributed by atoms with Gasteiger partial charge < -0.3 is 15.0 Å². The number of unbranched alkanes of at least 4 members (excludes halogenated alkanes) is 1. The number of halogens is 3. The number of nitrogens with one attached hydrogen (secondary N) is 2. The van der Waals surface area contributed by atoms with Gasteiger partial charge in [-0.3, -0.25) is 14.3 Å². The molecule has 1 saturated heterocycles. The maximum atomic E-state index is 13.1. The van der Waals surface area contributed by atoms with E-state index in [2.05, 4.69) is 31.9 Å². The Labute approximate surface area is 264 Å². The summed E-state index contributed by atoms with van der Waals surface area (Å²) in [4.78, 5) is 21.8. The van der Waals surface area contributed by atoms with Gasteiger partial charge in [-0.15, -0.1) is 24.8 Å². The van der Waals surface area contributed by atoms with Crippen LogP contribution < -0.4 is 14.8 Å². The molecule has 232 valence electrons. The Morgan fingerprint density at radius 2 is 1.88 bits per heavy atom. The highest BCUT2D eigenvalue weighted by Gasteiger charge is 2.28. The number of ether oxygens (including phenoxy) is 1. The molecule has 2 amide bonds. The van der Waals surface area contributed by atoms with Crippen LogP contribution in [0, 0.1) is 0 Å². The first kappa shape index (κ1) is 35.4. The summed E-state index contributed by atoms with van der Waals surface area (Å²) >= 11 is 6.26. The van der Waals surface area contributed by atoms with Gasteiger partial charge in [0.05, 0.1) is 28.9 Å². The third-order valence-corrected chi connectivity index (χ3v) is 7.52. The number of sulfonamides is 1. The number of hydrogen-bond donors (Lipinski definition) is 2. The topological polar surface area (TPSA) is 122 Å². The summed E-state index contributed by atoms with van der Waals surface area (Å²) in [5.41, 5.74) is 2.12. The zero-order valence-corrected chi connectivity index (χ0v) is 27.0. The minimum absolute atomic E-state index is 0. The number of aryl methyl sites for hydroxylation is 1. The van der Waals surface area contributed by atoms with E-state index in [1.54, 1.807) is 41.5 Å². The number of piperidine rings is 1. The molecule has 0 saturated carbocycles. The average molecular weight is 663 g/mol. The lowest BCUT2D eigenvalue weighted by atomic mass is 10.0. The third-order valence-electron chi connectivity index (χ3n) is 6.62. The minimum atomic E-state index is -3.40. The number of aromatic nitrogens is 3.